The minimum absolute atomic E-state index is 0.258. The maximum absolute atomic E-state index is 13.2. The van der Waals surface area contributed by atoms with Crippen molar-refractivity contribution in [2.24, 2.45) is 0 Å². The van der Waals surface area contributed by atoms with Gasteiger partial charge in [0.15, 0.2) is 11.5 Å². The maximum Gasteiger partial charge on any atom is 0.161 e. The smallest absolute Gasteiger partial charge is 0.161 e. The summed E-state index contributed by atoms with van der Waals surface area (Å²) >= 11 is 6.07. The number of hydrogen-bond acceptors (Lipinski definition) is 3. The molecule has 0 heterocycles. The second-order valence-corrected chi connectivity index (χ2v) is 6.88. The fourth-order valence-corrected chi connectivity index (χ4v) is 2.98. The Bertz CT molecular complexity index is 709. The summed E-state index contributed by atoms with van der Waals surface area (Å²) in [5.74, 6) is 1.01. The lowest BCUT2D eigenvalue weighted by atomic mass is 10.2. The minimum Gasteiger partial charge on any atom is -0.490 e. The van der Waals surface area contributed by atoms with Gasteiger partial charge in [0.1, 0.15) is 12.4 Å². The number of nitrogens with one attached hydrogen (secondary N) is 1. The maximum atomic E-state index is 13.2. The van der Waals surface area contributed by atoms with Crippen LogP contribution in [-0.2, 0) is 13.2 Å². The van der Waals surface area contributed by atoms with Crippen molar-refractivity contribution >= 4 is 11.6 Å². The van der Waals surface area contributed by atoms with Gasteiger partial charge in [-0.1, -0.05) is 49.9 Å². The standard InChI is InChI=1S/C22H29ClFNO2/c1-3-5-6-7-12-25-15-17-8-11-21(22(13-17)26-4-2)27-16-18-9-10-19(24)14-20(18)23/h8-11,13-14,25H,3-7,12,15-16H2,1-2H3. The molecule has 0 radical (unpaired) electrons. The monoisotopic (exact) mass is 393 g/mol. The Morgan fingerprint density at radius 2 is 1.81 bits per heavy atom. The summed E-state index contributed by atoms with van der Waals surface area (Å²) in [6.07, 6.45) is 5.01. The molecule has 0 aliphatic carbocycles. The molecule has 0 saturated carbocycles. The number of ether oxygens (including phenoxy) is 2. The fraction of sp³-hybridized carbons (Fsp3) is 0.455. The molecular formula is C22H29ClFNO2. The third kappa shape index (κ3) is 7.39. The van der Waals surface area contributed by atoms with Crippen molar-refractivity contribution in [1.29, 1.82) is 0 Å². The van der Waals surface area contributed by atoms with E-state index >= 15 is 0 Å². The first-order valence-electron chi connectivity index (χ1n) is 9.67. The highest BCUT2D eigenvalue weighted by Gasteiger charge is 2.09. The van der Waals surface area contributed by atoms with E-state index in [0.717, 1.165) is 24.2 Å². The van der Waals surface area contributed by atoms with Gasteiger partial charge in [0.25, 0.3) is 0 Å². The zero-order valence-electron chi connectivity index (χ0n) is 16.2. The zero-order chi connectivity index (χ0) is 19.5. The van der Waals surface area contributed by atoms with E-state index in [1.165, 1.54) is 37.8 Å². The molecule has 3 nitrogen and oxygen atoms in total. The predicted molar refractivity (Wildman–Crippen MR) is 109 cm³/mol. The summed E-state index contributed by atoms with van der Waals surface area (Å²) in [5.41, 5.74) is 1.89. The average Bonchev–Trinajstić information content (AvgIpc) is 2.65. The average molecular weight is 394 g/mol. The Morgan fingerprint density at radius 3 is 2.56 bits per heavy atom. The molecule has 0 amide bonds. The first-order chi connectivity index (χ1) is 13.1. The SMILES string of the molecule is CCCCCCNCc1ccc(OCc2ccc(F)cc2Cl)c(OCC)c1. The lowest BCUT2D eigenvalue weighted by Gasteiger charge is -2.14. The van der Waals surface area contributed by atoms with Crippen LogP contribution in [0.2, 0.25) is 5.02 Å². The molecule has 148 valence electrons. The third-order valence-corrected chi connectivity index (χ3v) is 4.59. The van der Waals surface area contributed by atoms with Crippen LogP contribution in [0, 0.1) is 5.82 Å². The Kier molecular flexibility index (Phi) is 9.43. The second-order valence-electron chi connectivity index (χ2n) is 6.48. The molecule has 1 N–H and O–H groups in total. The van der Waals surface area contributed by atoms with Crippen LogP contribution in [0.15, 0.2) is 36.4 Å². The number of rotatable bonds is 12. The van der Waals surface area contributed by atoms with Crippen LogP contribution in [0.4, 0.5) is 4.39 Å². The normalized spacial score (nSPS) is 10.8. The van der Waals surface area contributed by atoms with Crippen LogP contribution in [0.25, 0.3) is 0 Å². The lowest BCUT2D eigenvalue weighted by molar-refractivity contribution is 0.269. The van der Waals surface area contributed by atoms with Crippen LogP contribution in [-0.4, -0.2) is 13.2 Å². The molecule has 0 fully saturated rings. The largest absolute Gasteiger partial charge is 0.490 e. The van der Waals surface area contributed by atoms with Gasteiger partial charge >= 0.3 is 0 Å². The zero-order valence-corrected chi connectivity index (χ0v) is 16.9. The Morgan fingerprint density at radius 1 is 0.963 bits per heavy atom. The highest BCUT2D eigenvalue weighted by molar-refractivity contribution is 6.31. The van der Waals surface area contributed by atoms with Gasteiger partial charge in [-0.3, -0.25) is 0 Å². The van der Waals surface area contributed by atoms with E-state index in [0.29, 0.717) is 23.1 Å². The van der Waals surface area contributed by atoms with Gasteiger partial charge < -0.3 is 14.8 Å². The summed E-state index contributed by atoms with van der Waals surface area (Å²) in [4.78, 5) is 0. The van der Waals surface area contributed by atoms with Gasteiger partial charge in [-0.2, -0.15) is 0 Å². The number of unbranched alkanes of at least 4 members (excludes halogenated alkanes) is 3. The highest BCUT2D eigenvalue weighted by Crippen LogP contribution is 2.30. The topological polar surface area (TPSA) is 30.5 Å². The quantitative estimate of drug-likeness (QED) is 0.440. The molecule has 2 rings (SSSR count). The van der Waals surface area contributed by atoms with Gasteiger partial charge in [-0.05, 0) is 49.7 Å². The molecule has 27 heavy (non-hydrogen) atoms. The Labute approximate surface area is 166 Å². The van der Waals surface area contributed by atoms with Crippen molar-refractivity contribution in [2.45, 2.75) is 52.7 Å². The summed E-state index contributed by atoms with van der Waals surface area (Å²) in [6.45, 7) is 6.80. The van der Waals surface area contributed by atoms with Crippen molar-refractivity contribution in [1.82, 2.24) is 5.32 Å². The van der Waals surface area contributed by atoms with Crippen LogP contribution in [0.1, 0.15) is 50.7 Å². The summed E-state index contributed by atoms with van der Waals surface area (Å²) in [7, 11) is 0. The van der Waals surface area contributed by atoms with Gasteiger partial charge in [0.05, 0.1) is 11.6 Å². The summed E-state index contributed by atoms with van der Waals surface area (Å²) < 4.78 is 24.8. The van der Waals surface area contributed by atoms with E-state index in [9.17, 15) is 4.39 Å². The van der Waals surface area contributed by atoms with E-state index in [1.807, 2.05) is 25.1 Å². The summed E-state index contributed by atoms with van der Waals surface area (Å²) in [5, 5.41) is 3.83. The van der Waals surface area contributed by atoms with Crippen molar-refractivity contribution in [3.8, 4) is 11.5 Å². The van der Waals surface area contributed by atoms with E-state index in [4.69, 9.17) is 21.1 Å². The van der Waals surface area contributed by atoms with Crippen molar-refractivity contribution in [3.05, 3.63) is 58.4 Å². The predicted octanol–water partition coefficient (Wildman–Crippen LogP) is 6.13. The molecule has 0 spiro atoms. The number of halogens is 2. The van der Waals surface area contributed by atoms with Gasteiger partial charge in [-0.15, -0.1) is 0 Å². The highest BCUT2D eigenvalue weighted by atomic mass is 35.5. The van der Waals surface area contributed by atoms with Gasteiger partial charge in [0, 0.05) is 12.1 Å². The second kappa shape index (κ2) is 11.8. The molecule has 5 heteroatoms. The number of benzene rings is 2. The molecule has 0 aromatic heterocycles. The fourth-order valence-electron chi connectivity index (χ4n) is 2.75. The van der Waals surface area contributed by atoms with Gasteiger partial charge in [0.2, 0.25) is 0 Å². The molecule has 0 aliphatic heterocycles. The molecule has 0 bridgehead atoms. The van der Waals surface area contributed by atoms with Crippen LogP contribution < -0.4 is 14.8 Å². The van der Waals surface area contributed by atoms with Crippen LogP contribution in [0.3, 0.4) is 0 Å². The molecule has 0 aliphatic rings. The Balaban J connectivity index is 1.93. The van der Waals surface area contributed by atoms with E-state index in [-0.39, 0.29) is 12.4 Å². The van der Waals surface area contributed by atoms with E-state index < -0.39 is 0 Å². The molecule has 0 atom stereocenters. The first-order valence-corrected chi connectivity index (χ1v) is 10.0. The third-order valence-electron chi connectivity index (χ3n) is 4.24. The van der Waals surface area contributed by atoms with E-state index in [1.54, 1.807) is 6.07 Å². The van der Waals surface area contributed by atoms with Crippen molar-refractivity contribution < 1.29 is 13.9 Å². The summed E-state index contributed by atoms with van der Waals surface area (Å²) in [6, 6.07) is 10.3. The number of hydrogen-bond donors (Lipinski definition) is 1. The lowest BCUT2D eigenvalue weighted by Crippen LogP contribution is -2.14. The van der Waals surface area contributed by atoms with E-state index in [2.05, 4.69) is 12.2 Å². The van der Waals surface area contributed by atoms with Gasteiger partial charge in [-0.25, -0.2) is 4.39 Å². The van der Waals surface area contributed by atoms with Crippen LogP contribution in [0.5, 0.6) is 11.5 Å². The molecule has 0 saturated heterocycles. The molecule has 2 aromatic carbocycles. The molecular weight excluding hydrogens is 365 g/mol. The first kappa shape index (κ1) is 21.5. The van der Waals surface area contributed by atoms with Crippen LogP contribution >= 0.6 is 11.6 Å². The van der Waals surface area contributed by atoms with Crippen molar-refractivity contribution in [3.63, 3.8) is 0 Å². The van der Waals surface area contributed by atoms with Crippen molar-refractivity contribution in [2.75, 3.05) is 13.2 Å². The Hall–Kier alpha value is -1.78. The molecule has 0 unspecified atom stereocenters. The minimum atomic E-state index is -0.356. The molecule has 2 aromatic rings.